The molecular formula is C24H19ClF2N5O3P. The van der Waals surface area contributed by atoms with E-state index in [-0.39, 0.29) is 38.3 Å². The summed E-state index contributed by atoms with van der Waals surface area (Å²) < 4.78 is 46.1. The van der Waals surface area contributed by atoms with E-state index < -0.39 is 25.3 Å². The number of hydrogen-bond donors (Lipinski definition) is 2. The first-order chi connectivity index (χ1) is 17.1. The van der Waals surface area contributed by atoms with Gasteiger partial charge in [0.2, 0.25) is 0 Å². The van der Waals surface area contributed by atoms with Crippen molar-refractivity contribution in [2.75, 3.05) is 12.4 Å². The summed E-state index contributed by atoms with van der Waals surface area (Å²) in [6.07, 6.45) is 1.20. The highest BCUT2D eigenvalue weighted by Gasteiger charge is 2.24. The molecule has 3 aromatic heterocycles. The molecule has 0 spiro atoms. The van der Waals surface area contributed by atoms with Crippen LogP contribution in [-0.2, 0) is 9.09 Å². The van der Waals surface area contributed by atoms with Crippen LogP contribution in [0.1, 0.15) is 29.8 Å². The van der Waals surface area contributed by atoms with E-state index in [0.29, 0.717) is 16.9 Å². The van der Waals surface area contributed by atoms with E-state index in [0.717, 1.165) is 7.11 Å². The molecule has 3 heterocycles. The van der Waals surface area contributed by atoms with Gasteiger partial charge in [0.15, 0.2) is 11.3 Å². The number of nitrogens with one attached hydrogen (secondary N) is 1. The van der Waals surface area contributed by atoms with Gasteiger partial charge in [0.1, 0.15) is 17.0 Å². The first kappa shape index (κ1) is 25.6. The molecule has 0 saturated heterocycles. The number of aromatic nitrogens is 3. The Labute approximate surface area is 210 Å². The average molecular weight is 530 g/mol. The van der Waals surface area contributed by atoms with E-state index in [9.17, 15) is 19.1 Å². The van der Waals surface area contributed by atoms with E-state index in [1.54, 1.807) is 13.8 Å². The van der Waals surface area contributed by atoms with Gasteiger partial charge < -0.3 is 14.7 Å². The van der Waals surface area contributed by atoms with Gasteiger partial charge in [-0.1, -0.05) is 11.6 Å². The molecule has 0 saturated carbocycles. The fourth-order valence-electron chi connectivity index (χ4n) is 3.62. The second-order valence-electron chi connectivity index (χ2n) is 7.89. The van der Waals surface area contributed by atoms with E-state index in [1.165, 1.54) is 42.6 Å². The zero-order valence-electron chi connectivity index (χ0n) is 19.3. The largest absolute Gasteiger partial charge is 0.376 e. The van der Waals surface area contributed by atoms with Crippen molar-refractivity contribution in [1.29, 1.82) is 5.26 Å². The van der Waals surface area contributed by atoms with Crippen LogP contribution < -0.4 is 10.8 Å². The molecule has 1 aromatic carbocycles. The smallest absolute Gasteiger partial charge is 0.375 e. The fourth-order valence-corrected chi connectivity index (χ4v) is 4.46. The minimum atomic E-state index is -4.08. The Balaban J connectivity index is 1.83. The zero-order valence-corrected chi connectivity index (χ0v) is 20.9. The molecule has 0 radical (unpaired) electrons. The minimum Gasteiger partial charge on any atom is -0.375 e. The maximum Gasteiger partial charge on any atom is 0.376 e. The number of halogens is 3. The Morgan fingerprint density at radius 3 is 2.58 bits per heavy atom. The van der Waals surface area contributed by atoms with Crippen molar-refractivity contribution >= 4 is 41.4 Å². The van der Waals surface area contributed by atoms with Crippen molar-refractivity contribution in [2.45, 2.75) is 19.9 Å². The molecule has 0 bridgehead atoms. The normalized spacial score (nSPS) is 13.7. The first-order valence-corrected chi connectivity index (χ1v) is 12.5. The number of fused-ring (bicyclic) bond motifs is 1. The summed E-state index contributed by atoms with van der Waals surface area (Å²) in [4.78, 5) is 22.4. The highest BCUT2D eigenvalue weighted by Crippen LogP contribution is 2.39. The van der Waals surface area contributed by atoms with E-state index in [1.807, 2.05) is 6.07 Å². The van der Waals surface area contributed by atoms with Crippen LogP contribution in [0.4, 0.5) is 14.5 Å². The van der Waals surface area contributed by atoms with Crippen LogP contribution in [0.3, 0.4) is 0 Å². The second kappa shape index (κ2) is 9.88. The van der Waals surface area contributed by atoms with Gasteiger partial charge in [-0.25, -0.2) is 23.7 Å². The summed E-state index contributed by atoms with van der Waals surface area (Å²) in [6, 6.07) is 9.19. The summed E-state index contributed by atoms with van der Waals surface area (Å²) >= 11 is 6.54. The topological polar surface area (TPSA) is 121 Å². The number of rotatable bonds is 6. The predicted molar refractivity (Wildman–Crippen MR) is 132 cm³/mol. The molecule has 4 rings (SSSR count). The molecule has 0 aliphatic rings. The Morgan fingerprint density at radius 2 is 1.94 bits per heavy atom. The molecule has 0 fully saturated rings. The van der Waals surface area contributed by atoms with Gasteiger partial charge in [-0.05, 0) is 44.2 Å². The molecule has 0 aliphatic carbocycles. The number of hydrogen-bond acceptors (Lipinski definition) is 7. The van der Waals surface area contributed by atoms with Gasteiger partial charge >= 0.3 is 7.60 Å². The van der Waals surface area contributed by atoms with E-state index >= 15 is 4.39 Å². The fraction of sp³-hybridized carbons (Fsp3) is 0.167. The van der Waals surface area contributed by atoms with Crippen LogP contribution >= 0.6 is 19.2 Å². The average Bonchev–Trinajstić information content (AvgIpc) is 2.86. The van der Waals surface area contributed by atoms with Crippen LogP contribution in [0, 0.1) is 29.9 Å². The number of nitriles is 1. The van der Waals surface area contributed by atoms with Crippen LogP contribution in [0.25, 0.3) is 22.3 Å². The number of benzene rings is 1. The molecule has 8 nitrogen and oxygen atoms in total. The quantitative estimate of drug-likeness (QED) is 0.317. The van der Waals surface area contributed by atoms with E-state index in [2.05, 4.69) is 24.8 Å². The Morgan fingerprint density at radius 1 is 1.19 bits per heavy atom. The van der Waals surface area contributed by atoms with Crippen molar-refractivity contribution in [3.8, 4) is 17.3 Å². The number of aryl methyl sites for hydroxylation is 1. The lowest BCUT2D eigenvalue weighted by Gasteiger charge is -2.20. The lowest BCUT2D eigenvalue weighted by molar-refractivity contribution is 0.327. The van der Waals surface area contributed by atoms with Gasteiger partial charge in [-0.15, -0.1) is 0 Å². The number of anilines is 1. The summed E-state index contributed by atoms with van der Waals surface area (Å²) in [5.41, 5.74) is 1.61. The molecule has 2 atom stereocenters. The van der Waals surface area contributed by atoms with Gasteiger partial charge in [0, 0.05) is 30.5 Å². The van der Waals surface area contributed by atoms with Crippen molar-refractivity contribution in [1.82, 2.24) is 15.0 Å². The van der Waals surface area contributed by atoms with E-state index in [4.69, 9.17) is 11.6 Å². The molecule has 0 amide bonds. The lowest BCUT2D eigenvalue weighted by atomic mass is 10.0. The maximum absolute atomic E-state index is 15.0. The molecule has 184 valence electrons. The van der Waals surface area contributed by atoms with Crippen molar-refractivity contribution in [2.24, 2.45) is 0 Å². The third kappa shape index (κ3) is 4.79. The van der Waals surface area contributed by atoms with Crippen molar-refractivity contribution in [3.63, 3.8) is 0 Å². The van der Waals surface area contributed by atoms with Gasteiger partial charge in [-0.3, -0.25) is 4.57 Å². The molecule has 2 unspecified atom stereocenters. The minimum absolute atomic E-state index is 0.0955. The summed E-state index contributed by atoms with van der Waals surface area (Å²) in [7, 11) is -3.00. The SMILES string of the molecule is COP(=O)(O)c1ccc(-c2nc3c(NC(C)c4cc(C#N)ccc4F)c(Cl)c(C)nc3cc2F)cn1. The highest BCUT2D eigenvalue weighted by atomic mass is 35.5. The van der Waals surface area contributed by atoms with Crippen LogP contribution in [0.15, 0.2) is 42.6 Å². The molecule has 2 N–H and O–H groups in total. The van der Waals surface area contributed by atoms with Crippen LogP contribution in [0.2, 0.25) is 5.02 Å². The number of nitrogens with zero attached hydrogens (tertiary/aromatic N) is 4. The van der Waals surface area contributed by atoms with Gasteiger partial charge in [-0.2, -0.15) is 5.26 Å². The van der Waals surface area contributed by atoms with Crippen LogP contribution in [-0.4, -0.2) is 27.0 Å². The van der Waals surface area contributed by atoms with Gasteiger partial charge in [0.25, 0.3) is 0 Å². The van der Waals surface area contributed by atoms with Crippen molar-refractivity contribution in [3.05, 3.63) is 76.1 Å². The maximum atomic E-state index is 15.0. The Bertz CT molecular complexity index is 1580. The molecule has 4 aromatic rings. The second-order valence-corrected chi connectivity index (χ2v) is 10.1. The Hall–Kier alpha value is -3.48. The van der Waals surface area contributed by atoms with Crippen LogP contribution in [0.5, 0.6) is 0 Å². The summed E-state index contributed by atoms with van der Waals surface area (Å²) in [6.45, 7) is 3.33. The van der Waals surface area contributed by atoms with Crippen molar-refractivity contribution < 1.29 is 22.8 Å². The monoisotopic (exact) mass is 529 g/mol. The number of pyridine rings is 3. The molecule has 36 heavy (non-hydrogen) atoms. The predicted octanol–water partition coefficient (Wildman–Crippen LogP) is 5.43. The van der Waals surface area contributed by atoms with Gasteiger partial charge in [0.05, 0.1) is 39.6 Å². The summed E-state index contributed by atoms with van der Waals surface area (Å²) in [5.74, 6) is -1.21. The first-order valence-electron chi connectivity index (χ1n) is 10.5. The third-order valence-corrected chi connectivity index (χ3v) is 7.33. The molecule has 12 heteroatoms. The molecule has 0 aliphatic heterocycles. The third-order valence-electron chi connectivity index (χ3n) is 5.53. The summed E-state index contributed by atoms with van der Waals surface area (Å²) in [5, 5.41) is 12.5. The highest BCUT2D eigenvalue weighted by molar-refractivity contribution is 7.60. The molecular weight excluding hydrogens is 511 g/mol. The zero-order chi connectivity index (χ0) is 26.2. The standard InChI is InChI=1S/C24H19ClF2N5O3P/c1-12(16-8-14(10-28)4-6-17(16)26)31-24-21(25)13(2)30-19-9-18(27)22(32-23(19)24)15-5-7-20(29-11-15)36(33,34)35-3/h4-9,11-12H,1-3H3,(H,30,31)(H,33,34). The Kier molecular flexibility index (Phi) is 7.03. The lowest BCUT2D eigenvalue weighted by Crippen LogP contribution is -2.12.